The number of nitrogens with zero attached hydrogens (tertiary/aromatic N) is 1. The maximum Gasteiger partial charge on any atom is 0.277 e. The Labute approximate surface area is 116 Å². The van der Waals surface area contributed by atoms with Gasteiger partial charge in [0.15, 0.2) is 0 Å². The van der Waals surface area contributed by atoms with Crippen LogP contribution in [0.3, 0.4) is 0 Å². The Bertz CT molecular complexity index is 610. The molecule has 6 heteroatoms. The molecule has 0 aromatic heterocycles. The highest BCUT2D eigenvalue weighted by molar-refractivity contribution is 6.17. The molecule has 6 nitrogen and oxygen atoms in total. The van der Waals surface area contributed by atoms with Gasteiger partial charge in [-0.05, 0) is 17.2 Å². The van der Waals surface area contributed by atoms with Gasteiger partial charge in [-0.1, -0.05) is 12.1 Å². The molecule has 0 fully saturated rings. The number of anilines is 1. The van der Waals surface area contributed by atoms with Crippen LogP contribution in [0.15, 0.2) is 30.0 Å². The smallest absolute Gasteiger partial charge is 0.277 e. The van der Waals surface area contributed by atoms with Crippen LogP contribution in [-0.2, 0) is 22.7 Å². The fourth-order valence-corrected chi connectivity index (χ4v) is 2.50. The van der Waals surface area contributed by atoms with Gasteiger partial charge in [-0.2, -0.15) is 0 Å². The first-order chi connectivity index (χ1) is 9.70. The van der Waals surface area contributed by atoms with Gasteiger partial charge >= 0.3 is 0 Å². The number of imide groups is 1. The fraction of sp³-hybridized carbons (Fsp3) is 0.286. The highest BCUT2D eigenvalue weighted by Gasteiger charge is 2.31. The number of rotatable bonds is 4. The van der Waals surface area contributed by atoms with Gasteiger partial charge < -0.3 is 15.7 Å². The zero-order valence-corrected chi connectivity index (χ0v) is 10.8. The summed E-state index contributed by atoms with van der Waals surface area (Å²) < 4.78 is 0. The van der Waals surface area contributed by atoms with Gasteiger partial charge in [0.2, 0.25) is 0 Å². The van der Waals surface area contributed by atoms with E-state index in [1.165, 1.54) is 11.6 Å². The van der Waals surface area contributed by atoms with Crippen molar-refractivity contribution in [2.45, 2.75) is 13.1 Å². The van der Waals surface area contributed by atoms with Crippen molar-refractivity contribution in [3.8, 4) is 0 Å². The molecule has 2 aliphatic heterocycles. The number of nitrogens with one attached hydrogen (secondary N) is 2. The summed E-state index contributed by atoms with van der Waals surface area (Å²) in [5.41, 5.74) is 3.41. The normalized spacial score (nSPS) is 17.4. The lowest BCUT2D eigenvalue weighted by Crippen LogP contribution is -2.34. The number of amides is 2. The Morgan fingerprint density at radius 3 is 2.95 bits per heavy atom. The minimum Gasteiger partial charge on any atom is -0.395 e. The largest absolute Gasteiger partial charge is 0.395 e. The van der Waals surface area contributed by atoms with Crippen molar-refractivity contribution >= 4 is 17.5 Å². The van der Waals surface area contributed by atoms with Gasteiger partial charge in [-0.3, -0.25) is 14.5 Å². The minimum atomic E-state index is -0.396. The summed E-state index contributed by atoms with van der Waals surface area (Å²) in [6.07, 6.45) is 1.28. The van der Waals surface area contributed by atoms with Crippen LogP contribution in [0.1, 0.15) is 11.1 Å². The average Bonchev–Trinajstić information content (AvgIpc) is 3.00. The number of fused-ring (bicyclic) bond motifs is 1. The SMILES string of the molecule is O=C1C=C(Nc2cccc3c2CNC3)C(=O)N1CCO. The molecule has 2 amide bonds. The van der Waals surface area contributed by atoms with Crippen LogP contribution in [0.4, 0.5) is 5.69 Å². The van der Waals surface area contributed by atoms with E-state index < -0.39 is 11.8 Å². The predicted octanol–water partition coefficient (Wildman–Crippen LogP) is -0.0533. The third-order valence-corrected chi connectivity index (χ3v) is 3.49. The molecule has 0 radical (unpaired) electrons. The van der Waals surface area contributed by atoms with E-state index in [9.17, 15) is 9.59 Å². The Kier molecular flexibility index (Phi) is 3.25. The lowest BCUT2D eigenvalue weighted by atomic mass is 10.1. The van der Waals surface area contributed by atoms with Crippen LogP contribution in [-0.4, -0.2) is 35.0 Å². The third kappa shape index (κ3) is 2.09. The molecule has 1 aromatic carbocycles. The Balaban J connectivity index is 1.83. The van der Waals surface area contributed by atoms with E-state index in [-0.39, 0.29) is 18.8 Å². The van der Waals surface area contributed by atoms with Crippen molar-refractivity contribution in [3.05, 3.63) is 41.1 Å². The number of aliphatic hydroxyl groups excluding tert-OH is 1. The molecule has 0 unspecified atom stereocenters. The van der Waals surface area contributed by atoms with Crippen LogP contribution in [0.2, 0.25) is 0 Å². The van der Waals surface area contributed by atoms with Crippen molar-refractivity contribution in [2.24, 2.45) is 0 Å². The number of carbonyl (C=O) groups excluding carboxylic acids is 2. The zero-order chi connectivity index (χ0) is 14.1. The van der Waals surface area contributed by atoms with Gasteiger partial charge in [0.05, 0.1) is 13.2 Å². The first-order valence-electron chi connectivity index (χ1n) is 6.47. The topological polar surface area (TPSA) is 81.7 Å². The molecule has 104 valence electrons. The second-order valence-corrected chi connectivity index (χ2v) is 4.75. The number of carbonyl (C=O) groups is 2. The van der Waals surface area contributed by atoms with Crippen LogP contribution in [0, 0.1) is 0 Å². The molecule has 2 heterocycles. The minimum absolute atomic E-state index is 0.0216. The van der Waals surface area contributed by atoms with Crippen molar-refractivity contribution < 1.29 is 14.7 Å². The lowest BCUT2D eigenvalue weighted by Gasteiger charge is -2.14. The van der Waals surface area contributed by atoms with Gasteiger partial charge in [0, 0.05) is 24.9 Å². The second kappa shape index (κ2) is 5.07. The van der Waals surface area contributed by atoms with E-state index in [0.29, 0.717) is 0 Å². The summed E-state index contributed by atoms with van der Waals surface area (Å²) in [7, 11) is 0. The van der Waals surface area contributed by atoms with E-state index in [1.54, 1.807) is 0 Å². The van der Waals surface area contributed by atoms with E-state index in [4.69, 9.17) is 5.11 Å². The lowest BCUT2D eigenvalue weighted by molar-refractivity contribution is -0.137. The molecule has 0 saturated heterocycles. The summed E-state index contributed by atoms with van der Waals surface area (Å²) in [6, 6.07) is 5.84. The standard InChI is InChI=1S/C14H15N3O3/c18-5-4-17-13(19)6-12(14(17)20)16-11-3-1-2-9-7-15-8-10(9)11/h1-3,6,15-16,18H,4-5,7-8H2. The number of hydrogen-bond donors (Lipinski definition) is 3. The van der Waals surface area contributed by atoms with E-state index >= 15 is 0 Å². The quantitative estimate of drug-likeness (QED) is 0.670. The van der Waals surface area contributed by atoms with Gasteiger partial charge in [0.25, 0.3) is 11.8 Å². The van der Waals surface area contributed by atoms with Crippen molar-refractivity contribution in [1.29, 1.82) is 0 Å². The second-order valence-electron chi connectivity index (χ2n) is 4.75. The van der Waals surface area contributed by atoms with Crippen molar-refractivity contribution in [3.63, 3.8) is 0 Å². The van der Waals surface area contributed by atoms with E-state index in [0.717, 1.165) is 29.2 Å². The monoisotopic (exact) mass is 273 g/mol. The van der Waals surface area contributed by atoms with Crippen molar-refractivity contribution in [1.82, 2.24) is 10.2 Å². The molecule has 3 rings (SSSR count). The maximum absolute atomic E-state index is 12.1. The van der Waals surface area contributed by atoms with Crippen molar-refractivity contribution in [2.75, 3.05) is 18.5 Å². The van der Waals surface area contributed by atoms with Gasteiger partial charge in [-0.15, -0.1) is 0 Å². The average molecular weight is 273 g/mol. The molecule has 1 aromatic rings. The Morgan fingerprint density at radius 2 is 2.15 bits per heavy atom. The zero-order valence-electron chi connectivity index (χ0n) is 10.8. The number of aliphatic hydroxyl groups is 1. The summed E-state index contributed by atoms with van der Waals surface area (Å²) in [5.74, 6) is -0.787. The summed E-state index contributed by atoms with van der Waals surface area (Å²) in [5, 5.41) is 15.2. The number of benzene rings is 1. The first kappa shape index (κ1) is 12.8. The molecule has 3 N–H and O–H groups in total. The molecule has 0 aliphatic carbocycles. The van der Waals surface area contributed by atoms with Crippen LogP contribution in [0.5, 0.6) is 0 Å². The Hall–Kier alpha value is -2.18. The molecule has 2 aliphatic rings. The van der Waals surface area contributed by atoms with Crippen LogP contribution < -0.4 is 10.6 Å². The molecule has 0 spiro atoms. The fourth-order valence-electron chi connectivity index (χ4n) is 2.50. The third-order valence-electron chi connectivity index (χ3n) is 3.49. The highest BCUT2D eigenvalue weighted by Crippen LogP contribution is 2.26. The van der Waals surface area contributed by atoms with Crippen LogP contribution >= 0.6 is 0 Å². The maximum atomic E-state index is 12.1. The predicted molar refractivity (Wildman–Crippen MR) is 72.5 cm³/mol. The van der Waals surface area contributed by atoms with Crippen LogP contribution in [0.25, 0.3) is 0 Å². The summed E-state index contributed by atoms with van der Waals surface area (Å²) in [4.78, 5) is 24.8. The molecule has 20 heavy (non-hydrogen) atoms. The Morgan fingerprint density at radius 1 is 1.30 bits per heavy atom. The molecular formula is C14H15N3O3. The number of hydrogen-bond acceptors (Lipinski definition) is 5. The van der Waals surface area contributed by atoms with Gasteiger partial charge in [-0.25, -0.2) is 0 Å². The summed E-state index contributed by atoms with van der Waals surface area (Å²) >= 11 is 0. The first-order valence-corrected chi connectivity index (χ1v) is 6.47. The molecule has 0 saturated carbocycles. The van der Waals surface area contributed by atoms with E-state index in [2.05, 4.69) is 10.6 Å². The molecular weight excluding hydrogens is 258 g/mol. The molecule has 0 bridgehead atoms. The van der Waals surface area contributed by atoms with E-state index in [1.807, 2.05) is 18.2 Å². The number of β-amino-alcohol motifs (C(OH)–C–C–N with tert-alkyl or cyclic N) is 1. The molecule has 0 atom stereocenters. The van der Waals surface area contributed by atoms with Gasteiger partial charge in [0.1, 0.15) is 5.70 Å². The highest BCUT2D eigenvalue weighted by atomic mass is 16.3. The summed E-state index contributed by atoms with van der Waals surface area (Å²) in [6.45, 7) is 1.35.